The number of anilines is 1. The third-order valence-electron chi connectivity index (χ3n) is 4.60. The highest BCUT2D eigenvalue weighted by atomic mass is 32.2. The second kappa shape index (κ2) is 7.68. The standard InChI is InChI=1S/C23H17N3O3S/c1-15-6-5-9-21(24-15)25-23-26(17-7-3-2-4-8-17)22(27)20(30-23)13-16-10-11-18-19(12-16)29-14-28-18/h2-13H,14H2,1H3/b20-13-,25-23+. The highest BCUT2D eigenvalue weighted by Crippen LogP contribution is 2.38. The first-order valence-electron chi connectivity index (χ1n) is 9.38. The monoisotopic (exact) mass is 415 g/mol. The Hall–Kier alpha value is -3.58. The fraction of sp³-hybridized carbons (Fsp3) is 0.0870. The summed E-state index contributed by atoms with van der Waals surface area (Å²) in [6.45, 7) is 2.13. The van der Waals surface area contributed by atoms with Gasteiger partial charge in [-0.3, -0.25) is 9.69 Å². The van der Waals surface area contributed by atoms with Crippen molar-refractivity contribution >= 4 is 40.4 Å². The molecule has 0 aliphatic carbocycles. The quantitative estimate of drug-likeness (QED) is 0.568. The van der Waals surface area contributed by atoms with Crippen molar-refractivity contribution in [1.29, 1.82) is 0 Å². The Morgan fingerprint density at radius 3 is 2.70 bits per heavy atom. The van der Waals surface area contributed by atoms with E-state index in [0.717, 1.165) is 16.9 Å². The molecule has 0 bridgehead atoms. The van der Waals surface area contributed by atoms with Gasteiger partial charge in [-0.1, -0.05) is 30.3 Å². The van der Waals surface area contributed by atoms with Gasteiger partial charge in [0.05, 0.1) is 10.6 Å². The second-order valence-corrected chi connectivity index (χ2v) is 7.74. The Morgan fingerprint density at radius 1 is 1.03 bits per heavy atom. The minimum Gasteiger partial charge on any atom is -0.454 e. The Morgan fingerprint density at radius 2 is 1.87 bits per heavy atom. The molecule has 0 spiro atoms. The fourth-order valence-electron chi connectivity index (χ4n) is 3.20. The van der Waals surface area contributed by atoms with Gasteiger partial charge in [-0.2, -0.15) is 0 Å². The minimum absolute atomic E-state index is 0.129. The Balaban J connectivity index is 1.55. The van der Waals surface area contributed by atoms with Crippen LogP contribution in [0, 0.1) is 6.92 Å². The number of nitrogens with zero attached hydrogens (tertiary/aromatic N) is 3. The molecule has 2 aliphatic rings. The minimum atomic E-state index is -0.129. The van der Waals surface area contributed by atoms with Crippen molar-refractivity contribution in [2.24, 2.45) is 4.99 Å². The highest BCUT2D eigenvalue weighted by Gasteiger charge is 2.35. The van der Waals surface area contributed by atoms with Gasteiger partial charge in [0.15, 0.2) is 22.5 Å². The molecule has 1 saturated heterocycles. The number of thioether (sulfide) groups is 1. The lowest BCUT2D eigenvalue weighted by Gasteiger charge is -2.15. The van der Waals surface area contributed by atoms with Crippen LogP contribution in [0.2, 0.25) is 0 Å². The molecule has 3 heterocycles. The Labute approximate surface area is 177 Å². The summed E-state index contributed by atoms with van der Waals surface area (Å²) in [6.07, 6.45) is 1.84. The lowest BCUT2D eigenvalue weighted by atomic mass is 10.2. The van der Waals surface area contributed by atoms with Crippen molar-refractivity contribution in [2.75, 3.05) is 11.7 Å². The molecule has 1 aromatic heterocycles. The number of carbonyl (C=O) groups excluding carboxylic acids is 1. The van der Waals surface area contributed by atoms with Crippen molar-refractivity contribution in [3.05, 3.63) is 82.9 Å². The molecule has 0 unspecified atom stereocenters. The molecule has 0 saturated carbocycles. The van der Waals surface area contributed by atoms with Gasteiger partial charge in [0.25, 0.3) is 5.91 Å². The maximum absolute atomic E-state index is 13.3. The van der Waals surface area contributed by atoms with E-state index in [1.54, 1.807) is 4.90 Å². The van der Waals surface area contributed by atoms with Gasteiger partial charge in [-0.15, -0.1) is 0 Å². The van der Waals surface area contributed by atoms with E-state index < -0.39 is 0 Å². The van der Waals surface area contributed by atoms with Crippen LogP contribution in [0.15, 0.2) is 76.6 Å². The molecule has 7 heteroatoms. The van der Waals surface area contributed by atoms with Crippen LogP contribution in [0.25, 0.3) is 6.08 Å². The first kappa shape index (κ1) is 18.4. The van der Waals surface area contributed by atoms with E-state index in [-0.39, 0.29) is 12.7 Å². The van der Waals surface area contributed by atoms with Crippen molar-refractivity contribution in [3.8, 4) is 11.5 Å². The van der Waals surface area contributed by atoms with Gasteiger partial charge >= 0.3 is 0 Å². The van der Waals surface area contributed by atoms with Crippen LogP contribution in [0.4, 0.5) is 11.5 Å². The van der Waals surface area contributed by atoms with E-state index in [9.17, 15) is 4.79 Å². The van der Waals surface area contributed by atoms with Crippen LogP contribution >= 0.6 is 11.8 Å². The van der Waals surface area contributed by atoms with Crippen LogP contribution in [0.5, 0.6) is 11.5 Å². The maximum Gasteiger partial charge on any atom is 0.271 e. The summed E-state index contributed by atoms with van der Waals surface area (Å²) in [5.41, 5.74) is 2.49. The highest BCUT2D eigenvalue weighted by molar-refractivity contribution is 8.19. The number of aliphatic imine (C=N–C) groups is 1. The van der Waals surface area contributed by atoms with Crippen LogP contribution in [-0.4, -0.2) is 22.9 Å². The van der Waals surface area contributed by atoms with Crippen LogP contribution < -0.4 is 14.4 Å². The fourth-order valence-corrected chi connectivity index (χ4v) is 4.19. The zero-order chi connectivity index (χ0) is 20.5. The second-order valence-electron chi connectivity index (χ2n) is 6.73. The summed E-state index contributed by atoms with van der Waals surface area (Å²) in [4.78, 5) is 24.6. The number of amides is 1. The molecule has 30 heavy (non-hydrogen) atoms. The van der Waals surface area contributed by atoms with Gasteiger partial charge in [0.2, 0.25) is 6.79 Å². The molecule has 1 fully saturated rings. The topological polar surface area (TPSA) is 64.0 Å². The van der Waals surface area contributed by atoms with Crippen molar-refractivity contribution < 1.29 is 14.3 Å². The van der Waals surface area contributed by atoms with E-state index in [0.29, 0.717) is 27.4 Å². The molecule has 2 aromatic carbocycles. The molecule has 6 nitrogen and oxygen atoms in total. The normalized spacial score (nSPS) is 17.9. The first-order chi connectivity index (χ1) is 14.7. The number of hydrogen-bond donors (Lipinski definition) is 0. The van der Waals surface area contributed by atoms with E-state index >= 15 is 0 Å². The zero-order valence-electron chi connectivity index (χ0n) is 16.1. The average Bonchev–Trinajstić information content (AvgIpc) is 3.33. The number of para-hydroxylation sites is 1. The van der Waals surface area contributed by atoms with Crippen LogP contribution in [0.1, 0.15) is 11.3 Å². The molecule has 0 radical (unpaired) electrons. The SMILES string of the molecule is Cc1cccc(/N=C2/S/C(=C\c3ccc4c(c3)OCO4)C(=O)N2c2ccccc2)n1. The lowest BCUT2D eigenvalue weighted by molar-refractivity contribution is -0.113. The number of benzene rings is 2. The van der Waals surface area contributed by atoms with Gasteiger partial charge in [0.1, 0.15) is 0 Å². The van der Waals surface area contributed by atoms with Gasteiger partial charge in [-0.25, -0.2) is 9.98 Å². The molecule has 0 N–H and O–H groups in total. The zero-order valence-corrected chi connectivity index (χ0v) is 16.9. The number of carbonyl (C=O) groups is 1. The van der Waals surface area contributed by atoms with Gasteiger partial charge < -0.3 is 9.47 Å². The van der Waals surface area contributed by atoms with Gasteiger partial charge in [0, 0.05) is 5.69 Å². The van der Waals surface area contributed by atoms with Gasteiger partial charge in [-0.05, 0) is 66.7 Å². The molecule has 148 valence electrons. The number of fused-ring (bicyclic) bond motifs is 1. The smallest absolute Gasteiger partial charge is 0.271 e. The summed E-state index contributed by atoms with van der Waals surface area (Å²) < 4.78 is 10.8. The maximum atomic E-state index is 13.3. The largest absolute Gasteiger partial charge is 0.454 e. The van der Waals surface area contributed by atoms with Crippen molar-refractivity contribution in [3.63, 3.8) is 0 Å². The molecule has 0 atom stereocenters. The van der Waals surface area contributed by atoms with E-state index in [4.69, 9.17) is 9.47 Å². The molecular formula is C23H17N3O3S. The summed E-state index contributed by atoms with van der Waals surface area (Å²) >= 11 is 1.33. The predicted molar refractivity (Wildman–Crippen MR) is 118 cm³/mol. The molecule has 1 amide bonds. The summed E-state index contributed by atoms with van der Waals surface area (Å²) in [5.74, 6) is 1.82. The van der Waals surface area contributed by atoms with E-state index in [1.807, 2.05) is 79.7 Å². The predicted octanol–water partition coefficient (Wildman–Crippen LogP) is 4.93. The van der Waals surface area contributed by atoms with Crippen LogP contribution in [-0.2, 0) is 4.79 Å². The van der Waals surface area contributed by atoms with E-state index in [2.05, 4.69) is 9.98 Å². The average molecular weight is 415 g/mol. The number of amidine groups is 1. The number of rotatable bonds is 3. The number of aromatic nitrogens is 1. The summed E-state index contributed by atoms with van der Waals surface area (Å²) in [6, 6.07) is 20.8. The van der Waals surface area contributed by atoms with Crippen LogP contribution in [0.3, 0.4) is 0 Å². The molecule has 2 aliphatic heterocycles. The van der Waals surface area contributed by atoms with E-state index in [1.165, 1.54) is 11.8 Å². The summed E-state index contributed by atoms with van der Waals surface area (Å²) in [5, 5.41) is 0.566. The van der Waals surface area contributed by atoms with Crippen molar-refractivity contribution in [2.45, 2.75) is 6.92 Å². The number of aryl methyl sites for hydroxylation is 1. The number of pyridine rings is 1. The number of ether oxygens (including phenoxy) is 2. The Kier molecular flexibility index (Phi) is 4.72. The molecular weight excluding hydrogens is 398 g/mol. The number of hydrogen-bond acceptors (Lipinski definition) is 6. The lowest BCUT2D eigenvalue weighted by Crippen LogP contribution is -2.28. The van der Waals surface area contributed by atoms with Crippen molar-refractivity contribution in [1.82, 2.24) is 4.98 Å². The third-order valence-corrected chi connectivity index (χ3v) is 5.57. The third kappa shape index (κ3) is 3.55. The molecule has 3 aromatic rings. The molecule has 5 rings (SSSR count). The first-order valence-corrected chi connectivity index (χ1v) is 10.2. The Bertz CT molecular complexity index is 1190. The summed E-state index contributed by atoms with van der Waals surface area (Å²) in [7, 11) is 0.